The van der Waals surface area contributed by atoms with Gasteiger partial charge in [-0.2, -0.15) is 0 Å². The van der Waals surface area contributed by atoms with Crippen molar-refractivity contribution in [1.29, 1.82) is 0 Å². The van der Waals surface area contributed by atoms with Crippen LogP contribution >= 0.6 is 0 Å². The van der Waals surface area contributed by atoms with Crippen molar-refractivity contribution in [3.05, 3.63) is 23.8 Å². The van der Waals surface area contributed by atoms with Crippen LogP contribution in [0.15, 0.2) is 12.3 Å². The third-order valence-corrected chi connectivity index (χ3v) is 2.56. The minimum Gasteiger partial charge on any atom is -0.481 e. The van der Waals surface area contributed by atoms with Crippen LogP contribution in [0.4, 0.5) is 0 Å². The molecule has 17 heavy (non-hydrogen) atoms. The lowest BCUT2D eigenvalue weighted by molar-refractivity contribution is -0.146. The predicted octanol–water partition coefficient (Wildman–Crippen LogP) is 2.33. The Balaban J connectivity index is 2.82. The molecule has 1 heterocycles. The van der Waals surface area contributed by atoms with Crippen molar-refractivity contribution in [1.82, 2.24) is 9.97 Å². The van der Waals surface area contributed by atoms with E-state index in [4.69, 9.17) is 5.11 Å². The summed E-state index contributed by atoms with van der Waals surface area (Å²) in [6.07, 6.45) is 2.95. The molecular weight excluding hydrogens is 216 g/mol. The Morgan fingerprint density at radius 2 is 2.12 bits per heavy atom. The predicted molar refractivity (Wildman–Crippen MR) is 65.7 cm³/mol. The number of aliphatic carboxylic acids is 1. The molecule has 1 rings (SSSR count). The lowest BCUT2D eigenvalue weighted by Gasteiger charge is -2.18. The topological polar surface area (TPSA) is 63.1 Å². The number of aromatic nitrogens is 2. The van der Waals surface area contributed by atoms with Gasteiger partial charge in [-0.25, -0.2) is 9.97 Å². The van der Waals surface area contributed by atoms with Crippen LogP contribution in [0.2, 0.25) is 0 Å². The Morgan fingerprint density at radius 3 is 2.65 bits per heavy atom. The summed E-state index contributed by atoms with van der Waals surface area (Å²) < 4.78 is 0. The van der Waals surface area contributed by atoms with Gasteiger partial charge in [0.25, 0.3) is 0 Å². The highest BCUT2D eigenvalue weighted by molar-refractivity contribution is 5.73. The van der Waals surface area contributed by atoms with Gasteiger partial charge in [0.1, 0.15) is 5.82 Å². The third kappa shape index (κ3) is 4.13. The summed E-state index contributed by atoms with van der Waals surface area (Å²) in [7, 11) is 0. The first kappa shape index (κ1) is 13.6. The van der Waals surface area contributed by atoms with E-state index in [1.807, 2.05) is 6.07 Å². The van der Waals surface area contributed by atoms with Crippen molar-refractivity contribution in [3.63, 3.8) is 0 Å². The average molecular weight is 236 g/mol. The zero-order valence-electron chi connectivity index (χ0n) is 10.9. The molecule has 0 bridgehead atoms. The fourth-order valence-corrected chi connectivity index (χ4v) is 1.53. The normalized spacial score (nSPS) is 11.8. The largest absolute Gasteiger partial charge is 0.481 e. The van der Waals surface area contributed by atoms with E-state index in [0.717, 1.165) is 12.1 Å². The molecule has 0 fully saturated rings. The fraction of sp³-hybridized carbons (Fsp3) is 0.615. The van der Waals surface area contributed by atoms with Gasteiger partial charge < -0.3 is 5.11 Å². The third-order valence-electron chi connectivity index (χ3n) is 2.56. The standard InChI is InChI=1S/C13H20N2O2/c1-9(2)7-10-5-6-14-11(15-10)8-13(3,4)12(16)17/h5-6,9H,7-8H2,1-4H3,(H,16,17). The number of carboxylic acid groups (broad SMARTS) is 1. The Bertz CT molecular complexity index is 400. The molecule has 94 valence electrons. The Labute approximate surface area is 102 Å². The van der Waals surface area contributed by atoms with Crippen LogP contribution < -0.4 is 0 Å². The van der Waals surface area contributed by atoms with E-state index >= 15 is 0 Å². The molecule has 4 nitrogen and oxygen atoms in total. The fourth-order valence-electron chi connectivity index (χ4n) is 1.53. The second-order valence-electron chi connectivity index (χ2n) is 5.43. The van der Waals surface area contributed by atoms with Gasteiger partial charge in [-0.1, -0.05) is 13.8 Å². The van der Waals surface area contributed by atoms with Crippen LogP contribution in [0, 0.1) is 11.3 Å². The smallest absolute Gasteiger partial charge is 0.309 e. The van der Waals surface area contributed by atoms with E-state index in [9.17, 15) is 4.79 Å². The minimum absolute atomic E-state index is 0.355. The Morgan fingerprint density at radius 1 is 1.47 bits per heavy atom. The van der Waals surface area contributed by atoms with E-state index in [0.29, 0.717) is 18.2 Å². The van der Waals surface area contributed by atoms with Crippen LogP contribution in [-0.4, -0.2) is 21.0 Å². The van der Waals surface area contributed by atoms with Crippen molar-refractivity contribution in [3.8, 4) is 0 Å². The van der Waals surface area contributed by atoms with Crippen LogP contribution in [0.25, 0.3) is 0 Å². The average Bonchev–Trinajstić information content (AvgIpc) is 2.15. The molecule has 0 amide bonds. The molecule has 0 atom stereocenters. The van der Waals surface area contributed by atoms with E-state index in [1.165, 1.54) is 0 Å². The number of hydrogen-bond donors (Lipinski definition) is 1. The maximum atomic E-state index is 11.0. The van der Waals surface area contributed by atoms with Crippen LogP contribution in [0.3, 0.4) is 0 Å². The van der Waals surface area contributed by atoms with Crippen LogP contribution in [0.1, 0.15) is 39.2 Å². The highest BCUT2D eigenvalue weighted by Crippen LogP contribution is 2.20. The maximum absolute atomic E-state index is 11.0. The molecule has 1 aromatic heterocycles. The monoisotopic (exact) mass is 236 g/mol. The quantitative estimate of drug-likeness (QED) is 0.852. The molecule has 0 aliphatic carbocycles. The molecular formula is C13H20N2O2. The molecule has 4 heteroatoms. The molecule has 0 aromatic carbocycles. The second kappa shape index (κ2) is 5.25. The highest BCUT2D eigenvalue weighted by atomic mass is 16.4. The first-order valence-electron chi connectivity index (χ1n) is 5.85. The molecule has 1 N–H and O–H groups in total. The van der Waals surface area contributed by atoms with Crippen molar-refractivity contribution < 1.29 is 9.90 Å². The van der Waals surface area contributed by atoms with Gasteiger partial charge in [0.15, 0.2) is 0 Å². The highest BCUT2D eigenvalue weighted by Gasteiger charge is 2.28. The molecule has 0 radical (unpaired) electrons. The van der Waals surface area contributed by atoms with Gasteiger partial charge in [-0.15, -0.1) is 0 Å². The molecule has 0 saturated heterocycles. The van der Waals surface area contributed by atoms with E-state index < -0.39 is 11.4 Å². The van der Waals surface area contributed by atoms with Crippen molar-refractivity contribution >= 4 is 5.97 Å². The van der Waals surface area contributed by atoms with Gasteiger partial charge in [-0.3, -0.25) is 4.79 Å². The van der Waals surface area contributed by atoms with Crippen molar-refractivity contribution in [2.75, 3.05) is 0 Å². The molecule has 0 saturated carbocycles. The van der Waals surface area contributed by atoms with Crippen LogP contribution in [0.5, 0.6) is 0 Å². The number of carboxylic acids is 1. The number of carbonyl (C=O) groups is 1. The minimum atomic E-state index is -0.824. The lowest BCUT2D eigenvalue weighted by Crippen LogP contribution is -2.27. The van der Waals surface area contributed by atoms with Gasteiger partial charge in [0.2, 0.25) is 0 Å². The summed E-state index contributed by atoms with van der Waals surface area (Å²) in [5.74, 6) is 0.316. The lowest BCUT2D eigenvalue weighted by atomic mass is 9.89. The van der Waals surface area contributed by atoms with Crippen molar-refractivity contribution in [2.45, 2.75) is 40.5 Å². The Hall–Kier alpha value is -1.45. The molecule has 0 aliphatic heterocycles. The summed E-state index contributed by atoms with van der Waals surface area (Å²) in [6, 6.07) is 1.89. The van der Waals surface area contributed by atoms with Crippen molar-refractivity contribution in [2.24, 2.45) is 11.3 Å². The molecule has 0 unspecified atom stereocenters. The molecule has 0 spiro atoms. The number of rotatable bonds is 5. The maximum Gasteiger partial charge on any atom is 0.309 e. The zero-order chi connectivity index (χ0) is 13.1. The Kier molecular flexibility index (Phi) is 4.21. The van der Waals surface area contributed by atoms with E-state index in [1.54, 1.807) is 20.0 Å². The SMILES string of the molecule is CC(C)Cc1ccnc(CC(C)(C)C(=O)O)n1. The number of hydrogen-bond acceptors (Lipinski definition) is 3. The van der Waals surface area contributed by atoms with Gasteiger partial charge in [0, 0.05) is 18.3 Å². The first-order valence-corrected chi connectivity index (χ1v) is 5.85. The van der Waals surface area contributed by atoms with Gasteiger partial charge in [0.05, 0.1) is 5.41 Å². The summed E-state index contributed by atoms with van der Waals surface area (Å²) in [5, 5.41) is 9.06. The summed E-state index contributed by atoms with van der Waals surface area (Å²) in [5.41, 5.74) is 0.155. The summed E-state index contributed by atoms with van der Waals surface area (Å²) in [4.78, 5) is 19.6. The van der Waals surface area contributed by atoms with Gasteiger partial charge in [-0.05, 0) is 32.3 Å². The van der Waals surface area contributed by atoms with Gasteiger partial charge >= 0.3 is 5.97 Å². The second-order valence-corrected chi connectivity index (χ2v) is 5.43. The zero-order valence-corrected chi connectivity index (χ0v) is 10.9. The molecule has 1 aromatic rings. The number of nitrogens with zero attached hydrogens (tertiary/aromatic N) is 2. The summed E-state index contributed by atoms with van der Waals surface area (Å²) >= 11 is 0. The molecule has 0 aliphatic rings. The van der Waals surface area contributed by atoms with Crippen LogP contribution in [-0.2, 0) is 17.6 Å². The van der Waals surface area contributed by atoms with E-state index in [-0.39, 0.29) is 0 Å². The van der Waals surface area contributed by atoms with E-state index in [2.05, 4.69) is 23.8 Å². The summed E-state index contributed by atoms with van der Waals surface area (Å²) in [6.45, 7) is 7.63. The first-order chi connectivity index (χ1) is 7.81.